The first-order chi connectivity index (χ1) is 8.61. The van der Waals surface area contributed by atoms with E-state index in [1.807, 2.05) is 0 Å². The van der Waals surface area contributed by atoms with Gasteiger partial charge in [-0.05, 0) is 18.3 Å². The summed E-state index contributed by atoms with van der Waals surface area (Å²) in [7, 11) is 0. The van der Waals surface area contributed by atoms with Gasteiger partial charge in [-0.1, -0.05) is 20.8 Å². The number of hydrogen-bond acceptors (Lipinski definition) is 5. The molecular weight excluding hydrogens is 230 g/mol. The van der Waals surface area contributed by atoms with Crippen molar-refractivity contribution in [3.63, 3.8) is 0 Å². The maximum absolute atomic E-state index is 8.82. The van der Waals surface area contributed by atoms with E-state index in [0.29, 0.717) is 30.1 Å². The van der Waals surface area contributed by atoms with Crippen molar-refractivity contribution in [1.82, 2.24) is 9.97 Å². The first-order valence-corrected chi connectivity index (χ1v) is 6.41. The molecule has 0 saturated heterocycles. The quantitative estimate of drug-likeness (QED) is 0.741. The highest BCUT2D eigenvalue weighted by atomic mass is 16.5. The van der Waals surface area contributed by atoms with Crippen LogP contribution in [0.25, 0.3) is 0 Å². The van der Waals surface area contributed by atoms with Crippen LogP contribution in [0.15, 0.2) is 12.4 Å². The summed E-state index contributed by atoms with van der Waals surface area (Å²) in [6.07, 6.45) is 4.07. The number of anilines is 1. The monoisotopic (exact) mass is 253 g/mol. The molecule has 5 nitrogen and oxygen atoms in total. The lowest BCUT2D eigenvalue weighted by Gasteiger charge is -2.12. The molecule has 0 radical (unpaired) electrons. The summed E-state index contributed by atoms with van der Waals surface area (Å²) < 4.78 is 5.51. The Labute approximate surface area is 109 Å². The van der Waals surface area contributed by atoms with Gasteiger partial charge < -0.3 is 15.2 Å². The van der Waals surface area contributed by atoms with E-state index in [9.17, 15) is 0 Å². The van der Waals surface area contributed by atoms with Crippen LogP contribution in [-0.4, -0.2) is 34.8 Å². The van der Waals surface area contributed by atoms with Crippen LogP contribution in [0.4, 0.5) is 5.82 Å². The molecule has 1 aromatic rings. The van der Waals surface area contributed by atoms with Crippen molar-refractivity contribution in [2.45, 2.75) is 27.2 Å². The SMILES string of the molecule is CC(C)COc1cncc(NC[C@@H](C)CCO)n1. The number of hydrogen-bond donors (Lipinski definition) is 2. The molecule has 0 saturated carbocycles. The Bertz CT molecular complexity index is 345. The predicted octanol–water partition coefficient (Wildman–Crippen LogP) is 1.94. The van der Waals surface area contributed by atoms with Crippen LogP contribution in [0, 0.1) is 11.8 Å². The van der Waals surface area contributed by atoms with Crippen molar-refractivity contribution in [2.75, 3.05) is 25.1 Å². The average Bonchev–Trinajstić information content (AvgIpc) is 2.35. The Balaban J connectivity index is 2.43. The smallest absolute Gasteiger partial charge is 0.234 e. The first-order valence-electron chi connectivity index (χ1n) is 6.41. The van der Waals surface area contributed by atoms with Crippen molar-refractivity contribution in [3.8, 4) is 5.88 Å². The zero-order chi connectivity index (χ0) is 13.4. The summed E-state index contributed by atoms with van der Waals surface area (Å²) in [6, 6.07) is 0. The number of aromatic nitrogens is 2. The third-order valence-electron chi connectivity index (χ3n) is 2.43. The van der Waals surface area contributed by atoms with Crippen molar-refractivity contribution >= 4 is 5.82 Å². The summed E-state index contributed by atoms with van der Waals surface area (Å²) in [5.41, 5.74) is 0. The van der Waals surface area contributed by atoms with E-state index in [2.05, 4.69) is 36.1 Å². The lowest BCUT2D eigenvalue weighted by molar-refractivity contribution is 0.260. The molecule has 2 N–H and O–H groups in total. The van der Waals surface area contributed by atoms with E-state index in [4.69, 9.17) is 9.84 Å². The van der Waals surface area contributed by atoms with Gasteiger partial charge in [0.1, 0.15) is 5.82 Å². The second-order valence-electron chi connectivity index (χ2n) is 4.95. The third kappa shape index (κ3) is 5.82. The number of rotatable bonds is 8. The molecule has 0 aliphatic carbocycles. The molecule has 1 rings (SSSR count). The summed E-state index contributed by atoms with van der Waals surface area (Å²) >= 11 is 0. The molecule has 0 aliphatic rings. The number of nitrogens with one attached hydrogen (secondary N) is 1. The second-order valence-corrected chi connectivity index (χ2v) is 4.95. The normalized spacial score (nSPS) is 12.5. The zero-order valence-electron chi connectivity index (χ0n) is 11.4. The van der Waals surface area contributed by atoms with Gasteiger partial charge in [0.25, 0.3) is 0 Å². The Hall–Kier alpha value is -1.36. The fraction of sp³-hybridized carbons (Fsp3) is 0.692. The highest BCUT2D eigenvalue weighted by molar-refractivity contribution is 5.33. The summed E-state index contributed by atoms with van der Waals surface area (Å²) in [5.74, 6) is 2.12. The van der Waals surface area contributed by atoms with Gasteiger partial charge in [0.05, 0.1) is 19.0 Å². The van der Waals surface area contributed by atoms with E-state index >= 15 is 0 Å². The topological polar surface area (TPSA) is 67.3 Å². The Kier molecular flexibility index (Phi) is 6.43. The molecular formula is C13H23N3O2. The fourth-order valence-electron chi connectivity index (χ4n) is 1.36. The Morgan fingerprint density at radius 2 is 2.11 bits per heavy atom. The molecule has 0 amide bonds. The van der Waals surface area contributed by atoms with Gasteiger partial charge in [0.15, 0.2) is 0 Å². The second kappa shape index (κ2) is 7.87. The maximum atomic E-state index is 8.82. The average molecular weight is 253 g/mol. The largest absolute Gasteiger partial charge is 0.476 e. The molecule has 0 spiro atoms. The number of aliphatic hydroxyl groups excluding tert-OH is 1. The molecule has 0 fully saturated rings. The van der Waals surface area contributed by atoms with E-state index in [1.54, 1.807) is 12.4 Å². The van der Waals surface area contributed by atoms with Crippen molar-refractivity contribution in [3.05, 3.63) is 12.4 Å². The van der Waals surface area contributed by atoms with Crippen molar-refractivity contribution < 1.29 is 9.84 Å². The Morgan fingerprint density at radius 3 is 2.78 bits per heavy atom. The van der Waals surface area contributed by atoms with Crippen LogP contribution >= 0.6 is 0 Å². The lowest BCUT2D eigenvalue weighted by Crippen LogP contribution is -2.14. The lowest BCUT2D eigenvalue weighted by atomic mass is 10.1. The minimum atomic E-state index is 0.214. The molecule has 18 heavy (non-hydrogen) atoms. The van der Waals surface area contributed by atoms with Crippen LogP contribution in [0.1, 0.15) is 27.2 Å². The molecule has 0 aromatic carbocycles. The van der Waals surface area contributed by atoms with E-state index in [0.717, 1.165) is 13.0 Å². The molecule has 1 heterocycles. The summed E-state index contributed by atoms with van der Waals surface area (Å²) in [4.78, 5) is 8.41. The van der Waals surface area contributed by atoms with Crippen LogP contribution in [0.5, 0.6) is 5.88 Å². The van der Waals surface area contributed by atoms with Gasteiger partial charge in [-0.25, -0.2) is 0 Å². The molecule has 0 bridgehead atoms. The fourth-order valence-corrected chi connectivity index (χ4v) is 1.36. The van der Waals surface area contributed by atoms with E-state index in [-0.39, 0.29) is 6.61 Å². The van der Waals surface area contributed by atoms with Crippen molar-refractivity contribution in [2.24, 2.45) is 11.8 Å². The standard InChI is InChI=1S/C13H23N3O2/c1-10(2)9-18-13-8-14-7-12(16-13)15-6-11(3)4-5-17/h7-8,10-11,17H,4-6,9H2,1-3H3,(H,15,16)/t11-/m0/s1. The minimum Gasteiger partial charge on any atom is -0.476 e. The van der Waals surface area contributed by atoms with Crippen LogP contribution in [0.2, 0.25) is 0 Å². The molecule has 1 atom stereocenters. The zero-order valence-corrected chi connectivity index (χ0v) is 11.4. The summed E-state index contributed by atoms with van der Waals surface area (Å²) in [6.45, 7) is 7.88. The van der Waals surface area contributed by atoms with Crippen LogP contribution in [-0.2, 0) is 0 Å². The van der Waals surface area contributed by atoms with Gasteiger partial charge in [0, 0.05) is 13.2 Å². The minimum absolute atomic E-state index is 0.214. The highest BCUT2D eigenvalue weighted by Crippen LogP contribution is 2.11. The number of nitrogens with zero attached hydrogens (tertiary/aromatic N) is 2. The van der Waals surface area contributed by atoms with Crippen LogP contribution < -0.4 is 10.1 Å². The van der Waals surface area contributed by atoms with Crippen molar-refractivity contribution in [1.29, 1.82) is 0 Å². The predicted molar refractivity (Wildman–Crippen MR) is 71.7 cm³/mol. The number of aliphatic hydroxyl groups is 1. The third-order valence-corrected chi connectivity index (χ3v) is 2.43. The molecule has 102 valence electrons. The Morgan fingerprint density at radius 1 is 1.33 bits per heavy atom. The van der Waals surface area contributed by atoms with Gasteiger partial charge in [-0.2, -0.15) is 4.98 Å². The first kappa shape index (κ1) is 14.7. The highest BCUT2D eigenvalue weighted by Gasteiger charge is 2.04. The number of ether oxygens (including phenoxy) is 1. The molecule has 1 aromatic heterocycles. The molecule has 0 aliphatic heterocycles. The van der Waals surface area contributed by atoms with E-state index in [1.165, 1.54) is 0 Å². The maximum Gasteiger partial charge on any atom is 0.234 e. The van der Waals surface area contributed by atoms with Gasteiger partial charge in [-0.15, -0.1) is 0 Å². The summed E-state index contributed by atoms with van der Waals surface area (Å²) in [5, 5.41) is 12.0. The van der Waals surface area contributed by atoms with E-state index < -0.39 is 0 Å². The van der Waals surface area contributed by atoms with Gasteiger partial charge >= 0.3 is 0 Å². The van der Waals surface area contributed by atoms with Gasteiger partial charge in [-0.3, -0.25) is 4.98 Å². The van der Waals surface area contributed by atoms with Crippen LogP contribution in [0.3, 0.4) is 0 Å². The van der Waals surface area contributed by atoms with Gasteiger partial charge in [0.2, 0.25) is 5.88 Å². The molecule has 5 heteroatoms. The molecule has 0 unspecified atom stereocenters.